The van der Waals surface area contributed by atoms with Crippen LogP contribution in [0.5, 0.6) is 0 Å². The minimum atomic E-state index is -1.02. The predicted molar refractivity (Wildman–Crippen MR) is 63.9 cm³/mol. The molecule has 0 rings (SSSR count). The Labute approximate surface area is 101 Å². The SMILES string of the molecule is C=C(C)C(=O)O.CCCCCC(=O)CC(=O)O. The van der Waals surface area contributed by atoms with E-state index >= 15 is 0 Å². The summed E-state index contributed by atoms with van der Waals surface area (Å²) in [5.74, 6) is -2.12. The number of Topliss-reactive ketones (excluding diaryl/α,β-unsaturated/α-hetero) is 1. The molecule has 0 radical (unpaired) electrons. The maximum atomic E-state index is 10.7. The van der Waals surface area contributed by atoms with Crippen LogP contribution in [0.4, 0.5) is 0 Å². The van der Waals surface area contributed by atoms with Crippen molar-refractivity contribution in [3.05, 3.63) is 12.2 Å². The Morgan fingerprint density at radius 3 is 1.88 bits per heavy atom. The lowest BCUT2D eigenvalue weighted by molar-refractivity contribution is -0.140. The van der Waals surface area contributed by atoms with Crippen molar-refractivity contribution < 1.29 is 24.6 Å². The molecule has 0 atom stereocenters. The standard InChI is InChI=1S/C8H14O3.C4H6O2/c1-2-3-4-5-7(9)6-8(10)11;1-3(2)4(5)6/h2-6H2,1H3,(H,10,11);1H2,2H3,(H,5,6). The van der Waals surface area contributed by atoms with E-state index in [0.29, 0.717) is 6.42 Å². The number of hydrogen-bond acceptors (Lipinski definition) is 3. The number of carbonyl (C=O) groups excluding carboxylic acids is 1. The molecule has 0 aliphatic heterocycles. The van der Waals surface area contributed by atoms with Crippen LogP contribution in [0, 0.1) is 0 Å². The minimum Gasteiger partial charge on any atom is -0.481 e. The molecule has 2 N–H and O–H groups in total. The van der Waals surface area contributed by atoms with Crippen LogP contribution < -0.4 is 0 Å². The van der Waals surface area contributed by atoms with Crippen molar-refractivity contribution in [3.63, 3.8) is 0 Å². The average Bonchev–Trinajstić information content (AvgIpc) is 2.17. The van der Waals surface area contributed by atoms with Gasteiger partial charge in [-0.3, -0.25) is 9.59 Å². The second-order valence-electron chi connectivity index (χ2n) is 3.65. The first-order valence-corrected chi connectivity index (χ1v) is 5.43. The molecule has 0 aliphatic carbocycles. The molecule has 0 saturated heterocycles. The molecule has 0 spiro atoms. The highest BCUT2D eigenvalue weighted by molar-refractivity contribution is 5.94. The van der Waals surface area contributed by atoms with E-state index < -0.39 is 11.9 Å². The fourth-order valence-corrected chi connectivity index (χ4v) is 0.829. The summed E-state index contributed by atoms with van der Waals surface area (Å²) < 4.78 is 0. The van der Waals surface area contributed by atoms with E-state index in [9.17, 15) is 14.4 Å². The smallest absolute Gasteiger partial charge is 0.330 e. The summed E-state index contributed by atoms with van der Waals surface area (Å²) in [6.45, 7) is 6.65. The summed E-state index contributed by atoms with van der Waals surface area (Å²) in [7, 11) is 0. The molecule has 0 heterocycles. The van der Waals surface area contributed by atoms with E-state index in [1.165, 1.54) is 6.92 Å². The zero-order valence-corrected chi connectivity index (χ0v) is 10.4. The quantitative estimate of drug-likeness (QED) is 0.407. The zero-order chi connectivity index (χ0) is 13.8. The highest BCUT2D eigenvalue weighted by atomic mass is 16.4. The Morgan fingerprint density at radius 1 is 1.12 bits per heavy atom. The molecule has 0 aromatic heterocycles. The summed E-state index contributed by atoms with van der Waals surface area (Å²) in [4.78, 5) is 30.4. The first-order valence-electron chi connectivity index (χ1n) is 5.43. The van der Waals surface area contributed by atoms with E-state index in [-0.39, 0.29) is 17.8 Å². The second-order valence-corrected chi connectivity index (χ2v) is 3.65. The first kappa shape index (κ1) is 17.7. The van der Waals surface area contributed by atoms with Gasteiger partial charge in [-0.1, -0.05) is 26.3 Å². The molecule has 5 nitrogen and oxygen atoms in total. The average molecular weight is 244 g/mol. The summed E-state index contributed by atoms with van der Waals surface area (Å²) in [6, 6.07) is 0. The molecule has 0 saturated carbocycles. The van der Waals surface area contributed by atoms with E-state index in [2.05, 4.69) is 6.58 Å². The van der Waals surface area contributed by atoms with Crippen LogP contribution in [0.15, 0.2) is 12.2 Å². The second kappa shape index (κ2) is 10.9. The molecular formula is C12H20O5. The lowest BCUT2D eigenvalue weighted by Gasteiger charge is -1.95. The van der Waals surface area contributed by atoms with Gasteiger partial charge in [0.1, 0.15) is 12.2 Å². The largest absolute Gasteiger partial charge is 0.481 e. The number of carbonyl (C=O) groups is 3. The van der Waals surface area contributed by atoms with Crippen molar-refractivity contribution in [1.82, 2.24) is 0 Å². The maximum absolute atomic E-state index is 10.7. The van der Waals surface area contributed by atoms with Crippen molar-refractivity contribution in [2.75, 3.05) is 0 Å². The minimum absolute atomic E-state index is 0.161. The van der Waals surface area contributed by atoms with Crippen molar-refractivity contribution in [2.24, 2.45) is 0 Å². The van der Waals surface area contributed by atoms with Gasteiger partial charge < -0.3 is 10.2 Å². The van der Waals surface area contributed by atoms with Gasteiger partial charge in [-0.2, -0.15) is 0 Å². The Hall–Kier alpha value is -1.65. The Balaban J connectivity index is 0. The van der Waals surface area contributed by atoms with Crippen molar-refractivity contribution in [3.8, 4) is 0 Å². The van der Waals surface area contributed by atoms with Crippen molar-refractivity contribution >= 4 is 17.7 Å². The molecule has 0 bridgehead atoms. The molecule has 0 aromatic carbocycles. The van der Waals surface area contributed by atoms with E-state index in [0.717, 1.165) is 19.3 Å². The highest BCUT2D eigenvalue weighted by Crippen LogP contribution is 2.01. The van der Waals surface area contributed by atoms with Crippen LogP contribution in [0.3, 0.4) is 0 Å². The molecule has 17 heavy (non-hydrogen) atoms. The number of carboxylic acid groups (broad SMARTS) is 2. The third kappa shape index (κ3) is 17.0. The van der Waals surface area contributed by atoms with Gasteiger partial charge >= 0.3 is 11.9 Å². The predicted octanol–water partition coefficient (Wildman–Crippen LogP) is 2.26. The van der Waals surface area contributed by atoms with Crippen LogP contribution >= 0.6 is 0 Å². The first-order chi connectivity index (χ1) is 7.81. The Bertz CT molecular complexity index is 269. The van der Waals surface area contributed by atoms with Crippen LogP contribution in [0.2, 0.25) is 0 Å². The van der Waals surface area contributed by atoms with E-state index in [1.54, 1.807) is 0 Å². The molecule has 98 valence electrons. The monoisotopic (exact) mass is 244 g/mol. The van der Waals surface area contributed by atoms with Gasteiger partial charge in [0.15, 0.2) is 0 Å². The highest BCUT2D eigenvalue weighted by Gasteiger charge is 2.05. The van der Waals surface area contributed by atoms with Gasteiger partial charge in [0.25, 0.3) is 0 Å². The lowest BCUT2D eigenvalue weighted by atomic mass is 10.1. The fourth-order valence-electron chi connectivity index (χ4n) is 0.829. The van der Waals surface area contributed by atoms with Crippen LogP contribution in [0.25, 0.3) is 0 Å². The molecular weight excluding hydrogens is 224 g/mol. The number of rotatable bonds is 7. The van der Waals surface area contributed by atoms with Crippen LogP contribution in [-0.2, 0) is 14.4 Å². The van der Waals surface area contributed by atoms with Gasteiger partial charge in [-0.25, -0.2) is 4.79 Å². The van der Waals surface area contributed by atoms with Crippen molar-refractivity contribution in [2.45, 2.75) is 46.0 Å². The van der Waals surface area contributed by atoms with Gasteiger partial charge in [-0.05, 0) is 13.3 Å². The fraction of sp³-hybridized carbons (Fsp3) is 0.583. The summed E-state index contributed by atoms with van der Waals surface area (Å²) in [6.07, 6.45) is 2.98. The molecule has 5 heteroatoms. The topological polar surface area (TPSA) is 91.7 Å². The number of aliphatic carboxylic acids is 2. The normalized spacial score (nSPS) is 8.82. The molecule has 0 aromatic rings. The molecule has 0 unspecified atom stereocenters. The zero-order valence-electron chi connectivity index (χ0n) is 10.4. The number of unbranched alkanes of at least 4 members (excludes halogenated alkanes) is 2. The van der Waals surface area contributed by atoms with Gasteiger partial charge in [0.2, 0.25) is 0 Å². The number of carboxylic acids is 2. The van der Waals surface area contributed by atoms with E-state index in [4.69, 9.17) is 10.2 Å². The lowest BCUT2D eigenvalue weighted by Crippen LogP contribution is -2.05. The van der Waals surface area contributed by atoms with Gasteiger partial charge in [0.05, 0.1) is 0 Å². The Kier molecular flexibility index (Phi) is 11.3. The molecule has 0 fully saturated rings. The summed E-state index contributed by atoms with van der Waals surface area (Å²) >= 11 is 0. The Morgan fingerprint density at radius 2 is 1.59 bits per heavy atom. The summed E-state index contributed by atoms with van der Waals surface area (Å²) in [5, 5.41) is 16.1. The number of ketones is 1. The van der Waals surface area contributed by atoms with Gasteiger partial charge in [0, 0.05) is 12.0 Å². The number of hydrogen-bond donors (Lipinski definition) is 2. The molecule has 0 aliphatic rings. The van der Waals surface area contributed by atoms with Crippen molar-refractivity contribution in [1.29, 1.82) is 0 Å². The summed E-state index contributed by atoms with van der Waals surface area (Å²) in [5.41, 5.74) is 0.176. The third-order valence-electron chi connectivity index (χ3n) is 1.77. The third-order valence-corrected chi connectivity index (χ3v) is 1.77. The maximum Gasteiger partial charge on any atom is 0.330 e. The van der Waals surface area contributed by atoms with E-state index in [1.807, 2.05) is 6.92 Å². The van der Waals surface area contributed by atoms with Gasteiger partial charge in [-0.15, -0.1) is 0 Å². The van der Waals surface area contributed by atoms with Crippen LogP contribution in [0.1, 0.15) is 46.0 Å². The van der Waals surface area contributed by atoms with Crippen LogP contribution in [-0.4, -0.2) is 27.9 Å². The molecule has 0 amide bonds.